The molecule has 1 saturated carbocycles. The van der Waals surface area contributed by atoms with Gasteiger partial charge in [-0.25, -0.2) is 0 Å². The normalized spacial score (nSPS) is 26.6. The lowest BCUT2D eigenvalue weighted by Crippen LogP contribution is -2.31. The standard InChI is InChI=1S/C15H25N3O2/c1-2-19-15(9-5-3-4-6-10-15)14-17-13(20-18-14)12-8-7-11-16-12/h12,16H,2-11H2,1H3/t12-/m1/s1. The maximum Gasteiger partial charge on any atom is 0.243 e. The Kier molecular flexibility index (Phi) is 4.36. The predicted octanol–water partition coefficient (Wildman–Crippen LogP) is 3.08. The number of nitrogens with zero attached hydrogens (tertiary/aromatic N) is 2. The van der Waals surface area contributed by atoms with Crippen LogP contribution in [-0.2, 0) is 10.3 Å². The molecule has 1 aromatic rings. The van der Waals surface area contributed by atoms with Crippen molar-refractivity contribution in [2.45, 2.75) is 69.9 Å². The molecule has 1 aliphatic heterocycles. The zero-order valence-electron chi connectivity index (χ0n) is 12.4. The van der Waals surface area contributed by atoms with E-state index in [0.717, 1.165) is 37.5 Å². The molecule has 0 unspecified atom stereocenters. The number of nitrogens with one attached hydrogen (secondary N) is 1. The molecule has 2 aliphatic rings. The van der Waals surface area contributed by atoms with Crippen molar-refractivity contribution in [3.8, 4) is 0 Å². The number of hydrogen-bond donors (Lipinski definition) is 1. The highest BCUT2D eigenvalue weighted by molar-refractivity contribution is 5.05. The van der Waals surface area contributed by atoms with Gasteiger partial charge in [0.1, 0.15) is 5.60 Å². The van der Waals surface area contributed by atoms with Crippen LogP contribution >= 0.6 is 0 Å². The van der Waals surface area contributed by atoms with Crippen molar-refractivity contribution in [3.05, 3.63) is 11.7 Å². The number of ether oxygens (including phenoxy) is 1. The Morgan fingerprint density at radius 1 is 1.25 bits per heavy atom. The summed E-state index contributed by atoms with van der Waals surface area (Å²) in [6, 6.07) is 0.237. The van der Waals surface area contributed by atoms with E-state index in [4.69, 9.17) is 9.26 Å². The van der Waals surface area contributed by atoms with Gasteiger partial charge in [-0.05, 0) is 39.2 Å². The van der Waals surface area contributed by atoms with Crippen LogP contribution in [0.2, 0.25) is 0 Å². The van der Waals surface area contributed by atoms with Crippen LogP contribution in [0.25, 0.3) is 0 Å². The molecular formula is C15H25N3O2. The van der Waals surface area contributed by atoms with Crippen molar-refractivity contribution in [3.63, 3.8) is 0 Å². The molecule has 0 radical (unpaired) electrons. The molecule has 2 fully saturated rings. The van der Waals surface area contributed by atoms with E-state index in [-0.39, 0.29) is 11.6 Å². The molecular weight excluding hydrogens is 254 g/mol. The lowest BCUT2D eigenvalue weighted by Gasteiger charge is -2.29. The fourth-order valence-electron chi connectivity index (χ4n) is 3.47. The molecule has 1 saturated heterocycles. The Morgan fingerprint density at radius 2 is 2.05 bits per heavy atom. The van der Waals surface area contributed by atoms with Crippen LogP contribution in [0.1, 0.15) is 76.0 Å². The van der Waals surface area contributed by atoms with Crippen molar-refractivity contribution in [2.75, 3.05) is 13.2 Å². The number of aromatic nitrogens is 2. The van der Waals surface area contributed by atoms with E-state index in [9.17, 15) is 0 Å². The van der Waals surface area contributed by atoms with Crippen LogP contribution in [-0.4, -0.2) is 23.3 Å². The minimum absolute atomic E-state index is 0.237. The minimum atomic E-state index is -0.314. The first kappa shape index (κ1) is 14.0. The molecule has 5 heteroatoms. The van der Waals surface area contributed by atoms with Crippen molar-refractivity contribution >= 4 is 0 Å². The molecule has 1 atom stereocenters. The molecule has 0 spiro atoms. The van der Waals surface area contributed by atoms with Crippen LogP contribution in [0.5, 0.6) is 0 Å². The summed E-state index contributed by atoms with van der Waals surface area (Å²) in [4.78, 5) is 4.68. The Bertz CT molecular complexity index is 419. The highest BCUT2D eigenvalue weighted by atomic mass is 16.5. The van der Waals surface area contributed by atoms with Gasteiger partial charge >= 0.3 is 0 Å². The predicted molar refractivity (Wildman–Crippen MR) is 75.3 cm³/mol. The smallest absolute Gasteiger partial charge is 0.243 e. The zero-order valence-corrected chi connectivity index (χ0v) is 12.4. The third-order valence-electron chi connectivity index (χ3n) is 4.54. The molecule has 1 aromatic heterocycles. The fraction of sp³-hybridized carbons (Fsp3) is 0.867. The summed E-state index contributed by atoms with van der Waals surface area (Å²) in [5.41, 5.74) is -0.314. The van der Waals surface area contributed by atoms with Gasteiger partial charge in [0.15, 0.2) is 0 Å². The largest absolute Gasteiger partial charge is 0.367 e. The third-order valence-corrected chi connectivity index (χ3v) is 4.54. The second kappa shape index (κ2) is 6.22. The first-order chi connectivity index (χ1) is 9.84. The first-order valence-corrected chi connectivity index (χ1v) is 8.05. The summed E-state index contributed by atoms with van der Waals surface area (Å²) in [5.74, 6) is 1.51. The lowest BCUT2D eigenvalue weighted by atomic mass is 9.93. The number of rotatable bonds is 4. The summed E-state index contributed by atoms with van der Waals surface area (Å²) >= 11 is 0. The van der Waals surface area contributed by atoms with E-state index in [1.165, 1.54) is 32.1 Å². The van der Waals surface area contributed by atoms with E-state index in [1.807, 2.05) is 6.92 Å². The Labute approximate surface area is 120 Å². The summed E-state index contributed by atoms with van der Waals surface area (Å²) in [5, 5.41) is 7.67. The van der Waals surface area contributed by atoms with Gasteiger partial charge in [-0.1, -0.05) is 30.8 Å². The van der Waals surface area contributed by atoms with Crippen LogP contribution in [0.15, 0.2) is 4.52 Å². The summed E-state index contributed by atoms with van der Waals surface area (Å²) in [6.45, 7) is 3.79. The highest BCUT2D eigenvalue weighted by Crippen LogP contribution is 2.38. The minimum Gasteiger partial charge on any atom is -0.367 e. The molecule has 0 aromatic carbocycles. The van der Waals surface area contributed by atoms with Gasteiger partial charge in [0.05, 0.1) is 6.04 Å². The van der Waals surface area contributed by atoms with Gasteiger partial charge in [0.25, 0.3) is 0 Å². The maximum atomic E-state index is 6.11. The van der Waals surface area contributed by atoms with Crippen molar-refractivity contribution in [1.29, 1.82) is 0 Å². The van der Waals surface area contributed by atoms with Gasteiger partial charge in [0, 0.05) is 6.61 Å². The van der Waals surface area contributed by atoms with Gasteiger partial charge in [-0.15, -0.1) is 0 Å². The monoisotopic (exact) mass is 279 g/mol. The van der Waals surface area contributed by atoms with Crippen LogP contribution in [0.3, 0.4) is 0 Å². The second-order valence-electron chi connectivity index (χ2n) is 5.95. The van der Waals surface area contributed by atoms with Crippen molar-refractivity contribution < 1.29 is 9.26 Å². The van der Waals surface area contributed by atoms with Gasteiger partial charge in [0.2, 0.25) is 11.7 Å². The van der Waals surface area contributed by atoms with E-state index in [0.29, 0.717) is 6.61 Å². The van der Waals surface area contributed by atoms with Crippen molar-refractivity contribution in [2.24, 2.45) is 0 Å². The van der Waals surface area contributed by atoms with E-state index in [1.54, 1.807) is 0 Å². The molecule has 1 aliphatic carbocycles. The number of hydrogen-bond acceptors (Lipinski definition) is 5. The van der Waals surface area contributed by atoms with Gasteiger partial charge < -0.3 is 14.6 Å². The topological polar surface area (TPSA) is 60.2 Å². The highest BCUT2D eigenvalue weighted by Gasteiger charge is 2.39. The maximum absolute atomic E-state index is 6.11. The molecule has 112 valence electrons. The van der Waals surface area contributed by atoms with Crippen molar-refractivity contribution in [1.82, 2.24) is 15.5 Å². The molecule has 3 rings (SSSR count). The summed E-state index contributed by atoms with van der Waals surface area (Å²) < 4.78 is 11.6. The van der Waals surface area contributed by atoms with Crippen LogP contribution < -0.4 is 5.32 Å². The molecule has 0 bridgehead atoms. The second-order valence-corrected chi connectivity index (χ2v) is 5.95. The SMILES string of the molecule is CCOC1(c2noc([C@H]3CCCN3)n2)CCCCCC1. The zero-order chi connectivity index (χ0) is 13.8. The molecule has 0 amide bonds. The molecule has 2 heterocycles. The third kappa shape index (κ3) is 2.74. The quantitative estimate of drug-likeness (QED) is 0.858. The Hall–Kier alpha value is -0.940. The molecule has 20 heavy (non-hydrogen) atoms. The Balaban J connectivity index is 1.82. The average Bonchev–Trinajstić information content (AvgIpc) is 3.09. The van der Waals surface area contributed by atoms with E-state index in [2.05, 4.69) is 15.5 Å². The first-order valence-electron chi connectivity index (χ1n) is 8.05. The van der Waals surface area contributed by atoms with E-state index >= 15 is 0 Å². The van der Waals surface area contributed by atoms with Gasteiger partial charge in [-0.3, -0.25) is 0 Å². The van der Waals surface area contributed by atoms with Crippen LogP contribution in [0.4, 0.5) is 0 Å². The fourth-order valence-corrected chi connectivity index (χ4v) is 3.47. The molecule has 5 nitrogen and oxygen atoms in total. The molecule has 1 N–H and O–H groups in total. The average molecular weight is 279 g/mol. The van der Waals surface area contributed by atoms with Gasteiger partial charge in [-0.2, -0.15) is 4.98 Å². The van der Waals surface area contributed by atoms with E-state index < -0.39 is 0 Å². The lowest BCUT2D eigenvalue weighted by molar-refractivity contribution is -0.0636. The summed E-state index contributed by atoms with van der Waals surface area (Å²) in [7, 11) is 0. The summed E-state index contributed by atoms with van der Waals surface area (Å²) in [6.07, 6.45) is 9.22. The Morgan fingerprint density at radius 3 is 2.70 bits per heavy atom. The van der Waals surface area contributed by atoms with Crippen LogP contribution in [0, 0.1) is 0 Å².